The number of benzene rings is 1. The lowest BCUT2D eigenvalue weighted by atomic mass is 10.0. The van der Waals surface area contributed by atoms with E-state index in [9.17, 15) is 4.79 Å². The average Bonchev–Trinajstić information content (AvgIpc) is 2.55. The number of carbonyl (C=O) groups is 1. The molecule has 1 saturated heterocycles. The van der Waals surface area contributed by atoms with E-state index < -0.39 is 0 Å². The molecule has 2 atom stereocenters. The Bertz CT molecular complexity index is 519. The van der Waals surface area contributed by atoms with Crippen molar-refractivity contribution < 1.29 is 4.79 Å². The van der Waals surface area contributed by atoms with Crippen LogP contribution in [-0.4, -0.2) is 11.9 Å². The minimum Gasteiger partial charge on any atom is -0.308 e. The fourth-order valence-electron chi connectivity index (χ4n) is 2.90. The summed E-state index contributed by atoms with van der Waals surface area (Å²) in [6.07, 6.45) is 0.338. The number of hydrogen-bond acceptors (Lipinski definition) is 2. The Morgan fingerprint density at radius 1 is 1.28 bits per heavy atom. The van der Waals surface area contributed by atoms with E-state index in [1.54, 1.807) is 4.90 Å². The molecule has 0 saturated carbocycles. The summed E-state index contributed by atoms with van der Waals surface area (Å²) in [6.45, 7) is 8.05. The first-order valence-corrected chi connectivity index (χ1v) is 6.25. The van der Waals surface area contributed by atoms with Gasteiger partial charge >= 0.3 is 0 Å². The summed E-state index contributed by atoms with van der Waals surface area (Å²) in [6, 6.07) is 6.36. The Balaban J connectivity index is 2.50. The number of anilines is 1. The van der Waals surface area contributed by atoms with Crippen molar-refractivity contribution in [2.45, 2.75) is 40.2 Å². The van der Waals surface area contributed by atoms with Gasteiger partial charge in [0.1, 0.15) is 0 Å². The van der Waals surface area contributed by atoms with Gasteiger partial charge in [0.05, 0.1) is 18.0 Å². The van der Waals surface area contributed by atoms with E-state index in [-0.39, 0.29) is 17.9 Å². The fraction of sp³-hybridized carbons (Fsp3) is 0.467. The number of carbonyl (C=O) groups excluding carboxylic acids is 1. The molecule has 0 N–H and O–H groups in total. The van der Waals surface area contributed by atoms with Crippen LogP contribution in [0.2, 0.25) is 0 Å². The van der Waals surface area contributed by atoms with Crippen molar-refractivity contribution in [1.29, 1.82) is 5.26 Å². The minimum atomic E-state index is -0.197. The molecule has 2 rings (SSSR count). The summed E-state index contributed by atoms with van der Waals surface area (Å²) in [4.78, 5) is 13.9. The molecule has 1 fully saturated rings. The van der Waals surface area contributed by atoms with Crippen LogP contribution >= 0.6 is 0 Å². The molecule has 0 spiro atoms. The van der Waals surface area contributed by atoms with E-state index >= 15 is 0 Å². The number of nitriles is 1. The van der Waals surface area contributed by atoms with Crippen LogP contribution < -0.4 is 4.90 Å². The van der Waals surface area contributed by atoms with Crippen molar-refractivity contribution in [2.24, 2.45) is 5.92 Å². The molecule has 1 aromatic carbocycles. The van der Waals surface area contributed by atoms with E-state index in [0.717, 1.165) is 16.8 Å². The van der Waals surface area contributed by atoms with Crippen LogP contribution in [0.4, 0.5) is 5.69 Å². The molecule has 18 heavy (non-hydrogen) atoms. The van der Waals surface area contributed by atoms with Gasteiger partial charge in [0.15, 0.2) is 0 Å². The molecular formula is C15H18N2O. The summed E-state index contributed by atoms with van der Waals surface area (Å²) in [5.41, 5.74) is 4.39. The second-order valence-corrected chi connectivity index (χ2v) is 5.19. The van der Waals surface area contributed by atoms with Crippen LogP contribution in [0, 0.1) is 38.0 Å². The second-order valence-electron chi connectivity index (χ2n) is 5.19. The number of nitrogens with zero attached hydrogens (tertiary/aromatic N) is 2. The van der Waals surface area contributed by atoms with Crippen LogP contribution in [0.25, 0.3) is 0 Å². The highest BCUT2D eigenvalue weighted by atomic mass is 16.2. The maximum atomic E-state index is 12.1. The predicted octanol–water partition coefficient (Wildman–Crippen LogP) is 2.88. The third-order valence-corrected chi connectivity index (χ3v) is 3.69. The van der Waals surface area contributed by atoms with Crippen LogP contribution in [0.3, 0.4) is 0 Å². The zero-order chi connectivity index (χ0) is 13.4. The van der Waals surface area contributed by atoms with Crippen LogP contribution in [0.5, 0.6) is 0 Å². The van der Waals surface area contributed by atoms with E-state index in [2.05, 4.69) is 25.1 Å². The Morgan fingerprint density at radius 2 is 1.83 bits per heavy atom. The van der Waals surface area contributed by atoms with E-state index in [1.165, 1.54) is 5.56 Å². The van der Waals surface area contributed by atoms with Crippen LogP contribution in [0.1, 0.15) is 30.0 Å². The highest BCUT2D eigenvalue weighted by Crippen LogP contribution is 2.35. The standard InChI is InChI=1S/C15H18N2O/c1-9-5-10(2)15(11(3)6-9)17-12(4)13(8-16)7-14(17)18/h5-6,12-13H,7H2,1-4H3. The molecule has 1 heterocycles. The van der Waals surface area contributed by atoms with Gasteiger partial charge in [0, 0.05) is 12.1 Å². The first-order chi connectivity index (χ1) is 8.45. The van der Waals surface area contributed by atoms with Gasteiger partial charge in [-0.1, -0.05) is 17.7 Å². The zero-order valence-electron chi connectivity index (χ0n) is 11.3. The lowest BCUT2D eigenvalue weighted by Crippen LogP contribution is -2.33. The number of aryl methyl sites for hydroxylation is 3. The normalized spacial score (nSPS) is 23.3. The van der Waals surface area contributed by atoms with E-state index in [0.29, 0.717) is 6.42 Å². The molecule has 1 amide bonds. The highest BCUT2D eigenvalue weighted by Gasteiger charge is 2.38. The average molecular weight is 242 g/mol. The highest BCUT2D eigenvalue weighted by molar-refractivity contribution is 5.98. The molecule has 1 aliphatic rings. The van der Waals surface area contributed by atoms with Crippen molar-refractivity contribution in [1.82, 2.24) is 0 Å². The molecule has 0 aliphatic carbocycles. The molecule has 94 valence electrons. The molecule has 2 unspecified atom stereocenters. The third kappa shape index (κ3) is 1.88. The second kappa shape index (κ2) is 4.45. The molecule has 0 aromatic heterocycles. The van der Waals surface area contributed by atoms with Gasteiger partial charge in [0.2, 0.25) is 5.91 Å². The number of rotatable bonds is 1. The Hall–Kier alpha value is -1.82. The summed E-state index contributed by atoms with van der Waals surface area (Å²) in [5, 5.41) is 9.07. The smallest absolute Gasteiger partial charge is 0.228 e. The summed E-state index contributed by atoms with van der Waals surface area (Å²) < 4.78 is 0. The number of hydrogen-bond donors (Lipinski definition) is 0. The van der Waals surface area contributed by atoms with Gasteiger partial charge in [-0.05, 0) is 38.8 Å². The van der Waals surface area contributed by atoms with Crippen LogP contribution in [-0.2, 0) is 4.79 Å². The van der Waals surface area contributed by atoms with E-state index in [1.807, 2.05) is 20.8 Å². The fourth-order valence-corrected chi connectivity index (χ4v) is 2.90. The maximum Gasteiger partial charge on any atom is 0.228 e. The van der Waals surface area contributed by atoms with Crippen molar-refractivity contribution in [3.8, 4) is 6.07 Å². The van der Waals surface area contributed by atoms with Crippen molar-refractivity contribution in [2.75, 3.05) is 4.90 Å². The molecule has 0 radical (unpaired) electrons. The molecule has 1 aliphatic heterocycles. The third-order valence-electron chi connectivity index (χ3n) is 3.69. The largest absolute Gasteiger partial charge is 0.308 e. The lowest BCUT2D eigenvalue weighted by molar-refractivity contribution is -0.117. The van der Waals surface area contributed by atoms with Gasteiger partial charge in [-0.2, -0.15) is 5.26 Å². The van der Waals surface area contributed by atoms with Crippen LogP contribution in [0.15, 0.2) is 12.1 Å². The molecule has 0 bridgehead atoms. The Labute approximate surface area is 108 Å². The summed E-state index contributed by atoms with van der Waals surface area (Å²) in [5.74, 6) is -0.137. The first-order valence-electron chi connectivity index (χ1n) is 6.25. The van der Waals surface area contributed by atoms with Crippen molar-refractivity contribution in [3.63, 3.8) is 0 Å². The van der Waals surface area contributed by atoms with E-state index in [4.69, 9.17) is 5.26 Å². The topological polar surface area (TPSA) is 44.1 Å². The van der Waals surface area contributed by atoms with Gasteiger partial charge in [-0.3, -0.25) is 4.79 Å². The van der Waals surface area contributed by atoms with Gasteiger partial charge in [0.25, 0.3) is 0 Å². The molecular weight excluding hydrogens is 224 g/mol. The van der Waals surface area contributed by atoms with Crippen molar-refractivity contribution >= 4 is 11.6 Å². The van der Waals surface area contributed by atoms with Gasteiger partial charge in [-0.15, -0.1) is 0 Å². The maximum absolute atomic E-state index is 12.1. The Morgan fingerprint density at radius 3 is 2.28 bits per heavy atom. The SMILES string of the molecule is Cc1cc(C)c(N2C(=O)CC(C#N)C2C)c(C)c1. The molecule has 3 heteroatoms. The van der Waals surface area contributed by atoms with Gasteiger partial charge in [-0.25, -0.2) is 0 Å². The van der Waals surface area contributed by atoms with Crippen molar-refractivity contribution in [3.05, 3.63) is 28.8 Å². The minimum absolute atomic E-state index is 0.0393. The summed E-state index contributed by atoms with van der Waals surface area (Å²) >= 11 is 0. The zero-order valence-corrected chi connectivity index (χ0v) is 11.3. The first kappa shape index (κ1) is 12.6. The quantitative estimate of drug-likeness (QED) is 0.760. The monoisotopic (exact) mass is 242 g/mol. The summed E-state index contributed by atoms with van der Waals surface area (Å²) in [7, 11) is 0. The van der Waals surface area contributed by atoms with Gasteiger partial charge < -0.3 is 4.90 Å². The lowest BCUT2D eigenvalue weighted by Gasteiger charge is -2.26. The predicted molar refractivity (Wildman–Crippen MR) is 71.3 cm³/mol. The molecule has 1 aromatic rings. The molecule has 3 nitrogen and oxygen atoms in total. The Kier molecular flexibility index (Phi) is 3.13. The number of amides is 1.